The van der Waals surface area contributed by atoms with Gasteiger partial charge in [-0.25, -0.2) is 4.79 Å². The van der Waals surface area contributed by atoms with E-state index in [1.54, 1.807) is 6.92 Å². The lowest BCUT2D eigenvalue weighted by Gasteiger charge is -2.27. The van der Waals surface area contributed by atoms with Crippen molar-refractivity contribution in [2.24, 2.45) is 23.3 Å². The van der Waals surface area contributed by atoms with Crippen molar-refractivity contribution in [2.75, 3.05) is 12.0 Å². The van der Waals surface area contributed by atoms with E-state index >= 15 is 0 Å². The first-order chi connectivity index (χ1) is 15.8. The molecule has 0 aromatic rings. The molecule has 0 rings (SSSR count). The van der Waals surface area contributed by atoms with E-state index in [0.717, 1.165) is 0 Å². The second-order valence-electron chi connectivity index (χ2n) is 8.85. The van der Waals surface area contributed by atoms with Gasteiger partial charge in [0.2, 0.25) is 23.6 Å². The lowest BCUT2D eigenvalue weighted by Crippen LogP contribution is -2.58. The van der Waals surface area contributed by atoms with E-state index in [1.807, 2.05) is 27.0 Å². The molecule has 0 heterocycles. The molecule has 0 saturated heterocycles. The van der Waals surface area contributed by atoms with Crippen molar-refractivity contribution in [2.45, 2.75) is 84.0 Å². The first kappa shape index (κ1) is 31.7. The second-order valence-corrected chi connectivity index (χ2v) is 9.84. The number of carbonyl (C=O) groups excluding carboxylic acids is 4. The highest BCUT2D eigenvalue weighted by Gasteiger charge is 2.32. The molecule has 34 heavy (non-hydrogen) atoms. The molecule has 0 radical (unpaired) electrons. The van der Waals surface area contributed by atoms with E-state index in [9.17, 15) is 29.1 Å². The zero-order chi connectivity index (χ0) is 26.4. The smallest absolute Gasteiger partial charge is 0.326 e. The topological polar surface area (TPSA) is 194 Å². The maximum absolute atomic E-state index is 13.0. The van der Waals surface area contributed by atoms with Gasteiger partial charge in [0.1, 0.15) is 18.1 Å². The van der Waals surface area contributed by atoms with Gasteiger partial charge < -0.3 is 32.5 Å². The van der Waals surface area contributed by atoms with Crippen molar-refractivity contribution in [1.82, 2.24) is 16.0 Å². The van der Waals surface area contributed by atoms with Gasteiger partial charge in [0.15, 0.2) is 0 Å². The first-order valence-electron chi connectivity index (χ1n) is 11.5. The number of thioether (sulfide) groups is 1. The van der Waals surface area contributed by atoms with E-state index in [-0.39, 0.29) is 31.1 Å². The Balaban J connectivity index is 5.48. The summed E-state index contributed by atoms with van der Waals surface area (Å²) in [6.07, 6.45) is 2.96. The Morgan fingerprint density at radius 1 is 0.912 bits per heavy atom. The Morgan fingerprint density at radius 2 is 1.47 bits per heavy atom. The molecule has 5 atom stereocenters. The number of carboxylic acids is 1. The summed E-state index contributed by atoms with van der Waals surface area (Å²) < 4.78 is 0. The molecule has 0 aliphatic rings. The van der Waals surface area contributed by atoms with E-state index in [4.69, 9.17) is 11.5 Å². The number of primary amides is 1. The van der Waals surface area contributed by atoms with Gasteiger partial charge in [0, 0.05) is 6.42 Å². The number of hydrogen-bond donors (Lipinski definition) is 6. The largest absolute Gasteiger partial charge is 0.480 e. The number of rotatable bonds is 17. The average Bonchev–Trinajstić information content (AvgIpc) is 2.76. The second kappa shape index (κ2) is 16.3. The third kappa shape index (κ3) is 12.2. The Bertz CT molecular complexity index is 705. The molecule has 0 bridgehead atoms. The van der Waals surface area contributed by atoms with E-state index in [0.29, 0.717) is 18.6 Å². The molecular weight excluding hydrogens is 462 g/mol. The summed E-state index contributed by atoms with van der Waals surface area (Å²) in [6.45, 7) is 7.30. The van der Waals surface area contributed by atoms with E-state index < -0.39 is 53.8 Å². The van der Waals surface area contributed by atoms with Crippen LogP contribution in [0.2, 0.25) is 0 Å². The van der Waals surface area contributed by atoms with Crippen molar-refractivity contribution in [3.05, 3.63) is 0 Å². The highest BCUT2D eigenvalue weighted by molar-refractivity contribution is 7.98. The summed E-state index contributed by atoms with van der Waals surface area (Å²) in [7, 11) is 0. The van der Waals surface area contributed by atoms with Crippen LogP contribution in [0.1, 0.15) is 59.8 Å². The van der Waals surface area contributed by atoms with Crippen molar-refractivity contribution >= 4 is 41.4 Å². The number of nitrogens with two attached hydrogens (primary N) is 2. The van der Waals surface area contributed by atoms with Gasteiger partial charge in [-0.3, -0.25) is 19.2 Å². The van der Waals surface area contributed by atoms with Gasteiger partial charge >= 0.3 is 5.97 Å². The number of carboxylic acid groups (broad SMARTS) is 1. The number of carbonyl (C=O) groups is 5. The average molecular weight is 504 g/mol. The fourth-order valence-electron chi connectivity index (χ4n) is 3.12. The minimum Gasteiger partial charge on any atom is -0.480 e. The van der Waals surface area contributed by atoms with Gasteiger partial charge in [-0.2, -0.15) is 11.8 Å². The monoisotopic (exact) mass is 503 g/mol. The van der Waals surface area contributed by atoms with Crippen LogP contribution in [-0.4, -0.2) is 70.9 Å². The molecule has 0 spiro atoms. The van der Waals surface area contributed by atoms with Gasteiger partial charge in [0.05, 0.1) is 6.04 Å². The summed E-state index contributed by atoms with van der Waals surface area (Å²) in [6, 6.07) is -4.03. The molecule has 196 valence electrons. The van der Waals surface area contributed by atoms with E-state index in [2.05, 4.69) is 16.0 Å². The fraction of sp³-hybridized carbons (Fsp3) is 0.773. The summed E-state index contributed by atoms with van der Waals surface area (Å²) in [5, 5.41) is 17.3. The highest BCUT2D eigenvalue weighted by Crippen LogP contribution is 2.11. The molecule has 0 aliphatic carbocycles. The third-order valence-electron chi connectivity index (χ3n) is 5.40. The van der Waals surface area contributed by atoms with Crippen LogP contribution < -0.4 is 27.4 Å². The molecule has 11 nitrogen and oxygen atoms in total. The third-order valence-corrected chi connectivity index (χ3v) is 6.04. The predicted molar refractivity (Wildman–Crippen MR) is 132 cm³/mol. The molecule has 12 heteroatoms. The minimum atomic E-state index is -1.15. The van der Waals surface area contributed by atoms with Crippen LogP contribution in [0.4, 0.5) is 0 Å². The molecule has 8 N–H and O–H groups in total. The number of amides is 4. The fourth-order valence-corrected chi connectivity index (χ4v) is 3.60. The minimum absolute atomic E-state index is 0.0318. The van der Waals surface area contributed by atoms with Crippen molar-refractivity contribution < 1.29 is 29.1 Å². The summed E-state index contributed by atoms with van der Waals surface area (Å²) in [4.78, 5) is 61.0. The summed E-state index contributed by atoms with van der Waals surface area (Å²) in [5.41, 5.74) is 10.9. The van der Waals surface area contributed by atoms with Gasteiger partial charge in [-0.1, -0.05) is 34.1 Å². The maximum atomic E-state index is 13.0. The van der Waals surface area contributed by atoms with Crippen LogP contribution >= 0.6 is 11.8 Å². The molecule has 0 aromatic heterocycles. The van der Waals surface area contributed by atoms with Gasteiger partial charge in [-0.05, 0) is 43.1 Å². The predicted octanol–water partition coefficient (Wildman–Crippen LogP) is -0.0365. The Labute approximate surface area is 205 Å². The molecule has 0 saturated carbocycles. The zero-order valence-electron chi connectivity index (χ0n) is 20.8. The molecule has 0 aliphatic heterocycles. The molecule has 4 amide bonds. The van der Waals surface area contributed by atoms with E-state index in [1.165, 1.54) is 11.8 Å². The molecule has 5 unspecified atom stereocenters. The SMILES string of the molecule is CCC(C)C(NC(=O)C(CC(C)C)NC(=O)C(CCSC)NC(=O)C(N)CCC(N)=O)C(=O)O. The zero-order valence-corrected chi connectivity index (χ0v) is 21.6. The Hall–Kier alpha value is -2.34. The Morgan fingerprint density at radius 3 is 1.94 bits per heavy atom. The molecule has 0 aromatic carbocycles. The lowest BCUT2D eigenvalue weighted by molar-refractivity contribution is -0.144. The Kier molecular flexibility index (Phi) is 15.2. The lowest BCUT2D eigenvalue weighted by atomic mass is 9.97. The van der Waals surface area contributed by atoms with Gasteiger partial charge in [0.25, 0.3) is 0 Å². The van der Waals surface area contributed by atoms with Crippen LogP contribution in [0, 0.1) is 11.8 Å². The van der Waals surface area contributed by atoms with Crippen molar-refractivity contribution in [1.29, 1.82) is 0 Å². The molecular formula is C22H41N5O6S. The molecule has 0 fully saturated rings. The van der Waals surface area contributed by atoms with Gasteiger partial charge in [-0.15, -0.1) is 0 Å². The quantitative estimate of drug-likeness (QED) is 0.159. The number of nitrogens with one attached hydrogen (secondary N) is 3. The van der Waals surface area contributed by atoms with Crippen LogP contribution in [0.3, 0.4) is 0 Å². The maximum Gasteiger partial charge on any atom is 0.326 e. The van der Waals surface area contributed by atoms with Crippen molar-refractivity contribution in [3.8, 4) is 0 Å². The standard InChI is InChI=1S/C22H41N5O6S/c1-6-13(4)18(22(32)33)27-21(31)16(11-12(2)3)26-20(30)15(9-10-34-5)25-19(29)14(23)7-8-17(24)28/h12-16,18H,6-11,23H2,1-5H3,(H2,24,28)(H,25,29)(H,26,30)(H,27,31)(H,32,33). The van der Waals surface area contributed by atoms with Crippen LogP contribution in [0.25, 0.3) is 0 Å². The number of aliphatic carboxylic acids is 1. The van der Waals surface area contributed by atoms with Crippen LogP contribution in [0.5, 0.6) is 0 Å². The highest BCUT2D eigenvalue weighted by atomic mass is 32.2. The summed E-state index contributed by atoms with van der Waals surface area (Å²) >= 11 is 1.48. The first-order valence-corrected chi connectivity index (χ1v) is 12.9. The van der Waals surface area contributed by atoms with Crippen molar-refractivity contribution in [3.63, 3.8) is 0 Å². The normalized spacial score (nSPS) is 15.5. The van der Waals surface area contributed by atoms with Crippen LogP contribution in [-0.2, 0) is 24.0 Å². The number of hydrogen-bond acceptors (Lipinski definition) is 7. The summed E-state index contributed by atoms with van der Waals surface area (Å²) in [5.74, 6) is -3.20. The van der Waals surface area contributed by atoms with Crippen LogP contribution in [0.15, 0.2) is 0 Å².